The number of fused-ring (bicyclic) bond motifs is 1. The van der Waals surface area contributed by atoms with Crippen molar-refractivity contribution in [2.24, 2.45) is 7.05 Å². The minimum atomic E-state index is -4.78. The molecule has 0 aliphatic rings. The van der Waals surface area contributed by atoms with Gasteiger partial charge in [-0.15, -0.1) is 0 Å². The molecule has 202 valence electrons. The zero-order chi connectivity index (χ0) is 28.6. The van der Waals surface area contributed by atoms with Gasteiger partial charge in [-0.2, -0.15) is 18.4 Å². The quantitative estimate of drug-likeness (QED) is 0.263. The van der Waals surface area contributed by atoms with Crippen LogP contribution in [0.2, 0.25) is 5.02 Å². The Hall–Kier alpha value is -4.69. The van der Waals surface area contributed by atoms with E-state index in [1.54, 1.807) is 36.1 Å². The Bertz CT molecular complexity index is 1860. The summed E-state index contributed by atoms with van der Waals surface area (Å²) >= 11 is 6.42. The molecular weight excluding hydrogens is 545 g/mol. The summed E-state index contributed by atoms with van der Waals surface area (Å²) in [6.45, 7) is 1.55. The van der Waals surface area contributed by atoms with Crippen LogP contribution in [0.1, 0.15) is 28.2 Å². The summed E-state index contributed by atoms with van der Waals surface area (Å²) in [5.74, 6) is 0.455. The van der Waals surface area contributed by atoms with E-state index in [0.717, 1.165) is 22.4 Å². The van der Waals surface area contributed by atoms with Crippen LogP contribution in [-0.2, 0) is 26.4 Å². The van der Waals surface area contributed by atoms with Gasteiger partial charge in [-0.05, 0) is 49.4 Å². The van der Waals surface area contributed by atoms with E-state index < -0.39 is 17.3 Å². The number of nitrogens with zero attached hydrogens (tertiary/aromatic N) is 6. The third-order valence-corrected chi connectivity index (χ3v) is 6.68. The number of nitriles is 1. The number of halogens is 4. The van der Waals surface area contributed by atoms with Crippen LogP contribution in [0.5, 0.6) is 5.75 Å². The molecule has 0 unspecified atom stereocenters. The summed E-state index contributed by atoms with van der Waals surface area (Å²) in [7, 11) is 1.74. The molecule has 40 heavy (non-hydrogen) atoms. The van der Waals surface area contributed by atoms with Crippen molar-refractivity contribution in [1.82, 2.24) is 24.1 Å². The van der Waals surface area contributed by atoms with Crippen LogP contribution in [0, 0.1) is 18.3 Å². The van der Waals surface area contributed by atoms with Gasteiger partial charge >= 0.3 is 6.18 Å². The van der Waals surface area contributed by atoms with Crippen molar-refractivity contribution in [3.8, 4) is 23.1 Å². The molecule has 4 aromatic heterocycles. The van der Waals surface area contributed by atoms with Crippen LogP contribution in [-0.4, -0.2) is 24.1 Å². The first kappa shape index (κ1) is 26.9. The molecule has 0 fully saturated rings. The largest absolute Gasteiger partial charge is 0.489 e. The van der Waals surface area contributed by atoms with Crippen LogP contribution < -0.4 is 10.3 Å². The lowest BCUT2D eigenvalue weighted by atomic mass is 10.0. The Morgan fingerprint density at radius 2 is 1.95 bits per heavy atom. The van der Waals surface area contributed by atoms with E-state index in [1.165, 1.54) is 18.5 Å². The fourth-order valence-electron chi connectivity index (χ4n) is 4.37. The summed E-state index contributed by atoms with van der Waals surface area (Å²) in [5.41, 5.74) is 1.33. The molecule has 0 saturated carbocycles. The van der Waals surface area contributed by atoms with Gasteiger partial charge in [0, 0.05) is 41.6 Å². The van der Waals surface area contributed by atoms with Crippen molar-refractivity contribution in [3.05, 3.63) is 105 Å². The number of imidazole rings is 1. The highest BCUT2D eigenvalue weighted by Gasteiger charge is 2.34. The van der Waals surface area contributed by atoms with Crippen LogP contribution >= 0.6 is 11.6 Å². The van der Waals surface area contributed by atoms with Crippen molar-refractivity contribution < 1.29 is 17.9 Å². The molecule has 0 radical (unpaired) electrons. The van der Waals surface area contributed by atoms with Gasteiger partial charge in [-0.1, -0.05) is 11.6 Å². The molecule has 0 amide bonds. The molecule has 1 aromatic carbocycles. The predicted molar refractivity (Wildman–Crippen MR) is 142 cm³/mol. The van der Waals surface area contributed by atoms with E-state index in [9.17, 15) is 23.2 Å². The topological polar surface area (TPSA) is 98.6 Å². The normalized spacial score (nSPS) is 11.5. The van der Waals surface area contributed by atoms with E-state index in [1.807, 2.05) is 13.0 Å². The summed E-state index contributed by atoms with van der Waals surface area (Å²) in [5, 5.41) is 10.6. The second-order valence-corrected chi connectivity index (χ2v) is 9.42. The Labute approximate surface area is 230 Å². The number of pyridine rings is 3. The lowest BCUT2D eigenvalue weighted by molar-refractivity contribution is -0.138. The first-order valence-corrected chi connectivity index (χ1v) is 12.3. The minimum absolute atomic E-state index is 0.0666. The number of rotatable bonds is 6. The summed E-state index contributed by atoms with van der Waals surface area (Å²) in [6.07, 6.45) is -0.537. The molecule has 8 nitrogen and oxygen atoms in total. The van der Waals surface area contributed by atoms with E-state index >= 15 is 0 Å². The SMILES string of the molecule is Cc1cc(-c2ncn(C)c2C#N)c2cc(OCc3c(Cl)ccnc3Cn3cccc(C(F)(F)F)c3=O)ccc2n1. The molecule has 0 spiro atoms. The molecule has 0 N–H and O–H groups in total. The Balaban J connectivity index is 1.48. The Morgan fingerprint density at radius 3 is 2.70 bits per heavy atom. The fourth-order valence-corrected chi connectivity index (χ4v) is 4.59. The van der Waals surface area contributed by atoms with Gasteiger partial charge in [0.25, 0.3) is 5.56 Å². The van der Waals surface area contributed by atoms with Gasteiger partial charge in [0.05, 0.1) is 29.1 Å². The van der Waals surface area contributed by atoms with Gasteiger partial charge in [0.15, 0.2) is 0 Å². The van der Waals surface area contributed by atoms with E-state index in [4.69, 9.17) is 16.3 Å². The van der Waals surface area contributed by atoms with Gasteiger partial charge in [0.2, 0.25) is 0 Å². The number of aryl methyl sites for hydroxylation is 2. The lowest BCUT2D eigenvalue weighted by Crippen LogP contribution is -2.28. The zero-order valence-electron chi connectivity index (χ0n) is 21.2. The van der Waals surface area contributed by atoms with Crippen LogP contribution in [0.3, 0.4) is 0 Å². The first-order chi connectivity index (χ1) is 19.1. The van der Waals surface area contributed by atoms with Crippen molar-refractivity contribution in [1.29, 1.82) is 5.26 Å². The van der Waals surface area contributed by atoms with Gasteiger partial charge in [0.1, 0.15) is 35.4 Å². The van der Waals surface area contributed by atoms with E-state index in [0.29, 0.717) is 44.9 Å². The van der Waals surface area contributed by atoms with Crippen LogP contribution in [0.25, 0.3) is 22.2 Å². The lowest BCUT2D eigenvalue weighted by Gasteiger charge is -2.15. The molecule has 4 heterocycles. The minimum Gasteiger partial charge on any atom is -0.489 e. The first-order valence-electron chi connectivity index (χ1n) is 11.9. The van der Waals surface area contributed by atoms with Crippen molar-refractivity contribution in [2.75, 3.05) is 0 Å². The average Bonchev–Trinajstić information content (AvgIpc) is 3.28. The highest BCUT2D eigenvalue weighted by atomic mass is 35.5. The molecule has 5 aromatic rings. The Kier molecular flexibility index (Phi) is 7.04. The number of benzene rings is 1. The monoisotopic (exact) mass is 564 g/mol. The second-order valence-electron chi connectivity index (χ2n) is 9.01. The van der Waals surface area contributed by atoms with Crippen molar-refractivity contribution in [2.45, 2.75) is 26.3 Å². The highest BCUT2D eigenvalue weighted by Crippen LogP contribution is 2.33. The Morgan fingerprint density at radius 1 is 1.15 bits per heavy atom. The van der Waals surface area contributed by atoms with Gasteiger partial charge in [-0.3, -0.25) is 14.8 Å². The molecule has 0 bridgehead atoms. The molecular formula is C28H20ClF3N6O2. The molecule has 0 saturated heterocycles. The molecule has 12 heteroatoms. The highest BCUT2D eigenvalue weighted by molar-refractivity contribution is 6.31. The molecule has 5 rings (SSSR count). The third-order valence-electron chi connectivity index (χ3n) is 6.32. The van der Waals surface area contributed by atoms with Crippen LogP contribution in [0.15, 0.2) is 66.0 Å². The average molecular weight is 565 g/mol. The number of hydrogen-bond donors (Lipinski definition) is 0. The number of hydrogen-bond acceptors (Lipinski definition) is 6. The van der Waals surface area contributed by atoms with Crippen molar-refractivity contribution in [3.63, 3.8) is 0 Å². The maximum atomic E-state index is 13.2. The van der Waals surface area contributed by atoms with Gasteiger partial charge < -0.3 is 13.9 Å². The van der Waals surface area contributed by atoms with E-state index in [-0.39, 0.29) is 18.2 Å². The maximum absolute atomic E-state index is 13.2. The molecule has 0 aliphatic carbocycles. The molecule has 0 atom stereocenters. The zero-order valence-corrected chi connectivity index (χ0v) is 22.0. The second kappa shape index (κ2) is 10.5. The standard InChI is InChI=1S/C28H20ClF3N6O2/c1-16-10-19(26-25(12-33)37(2)15-35-26)18-11-17(5-6-23(18)36-16)40-14-20-22(29)7-8-34-24(20)13-38-9-3-4-21(27(38)39)28(30,31)32/h3-11,15H,13-14H2,1-2H3. The fraction of sp³-hybridized carbons (Fsp3) is 0.179. The summed E-state index contributed by atoms with van der Waals surface area (Å²) < 4.78 is 48.3. The molecule has 0 aliphatic heterocycles. The number of alkyl halides is 3. The third kappa shape index (κ3) is 5.13. The predicted octanol–water partition coefficient (Wildman–Crippen LogP) is 5.67. The van der Waals surface area contributed by atoms with Gasteiger partial charge in [-0.25, -0.2) is 4.98 Å². The maximum Gasteiger partial charge on any atom is 0.421 e. The summed E-state index contributed by atoms with van der Waals surface area (Å²) in [6, 6.07) is 12.7. The van der Waals surface area contributed by atoms with E-state index in [2.05, 4.69) is 21.0 Å². The van der Waals surface area contributed by atoms with Crippen molar-refractivity contribution >= 4 is 22.5 Å². The smallest absolute Gasteiger partial charge is 0.421 e. The number of ether oxygens (including phenoxy) is 1. The number of aromatic nitrogens is 5. The summed E-state index contributed by atoms with van der Waals surface area (Å²) in [4.78, 5) is 25.7. The van der Waals surface area contributed by atoms with Crippen LogP contribution in [0.4, 0.5) is 13.2 Å².